The molecule has 2 heterocycles. The molecule has 146 valence electrons. The van der Waals surface area contributed by atoms with Gasteiger partial charge >= 0.3 is 0 Å². The van der Waals surface area contributed by atoms with Gasteiger partial charge in [-0.25, -0.2) is 17.2 Å². The third-order valence-electron chi connectivity index (χ3n) is 5.33. The Morgan fingerprint density at radius 1 is 1.27 bits per heavy atom. The highest BCUT2D eigenvalue weighted by Gasteiger charge is 2.51. The predicted molar refractivity (Wildman–Crippen MR) is 93.2 cm³/mol. The van der Waals surface area contributed by atoms with Crippen LogP contribution in [0.25, 0.3) is 0 Å². The Bertz CT molecular complexity index is 742. The van der Waals surface area contributed by atoms with Crippen molar-refractivity contribution < 1.29 is 27.0 Å². The number of halogens is 2. The van der Waals surface area contributed by atoms with Crippen LogP contribution in [0.1, 0.15) is 38.2 Å². The van der Waals surface area contributed by atoms with E-state index in [-0.39, 0.29) is 49.3 Å². The average molecular weight is 389 g/mol. The lowest BCUT2D eigenvalue weighted by molar-refractivity contribution is -0.0291. The summed E-state index contributed by atoms with van der Waals surface area (Å²) in [5.74, 6) is -1.41. The highest BCUT2D eigenvalue weighted by Crippen LogP contribution is 2.44. The second kappa shape index (κ2) is 7.50. The Balaban J connectivity index is 1.72. The molecule has 2 aliphatic heterocycles. The standard InChI is InChI=1S/C18H25F2NO4S/c1-2-25-7-8-26(23,24)21-15-5-6-16(21)12-18(22,11-15)10-13-3-4-14(19)9-17(13)20/h3-4,9,15-16,22H,2,5-8,10-12H2,1H3/t15-,16-/m0/s1. The summed E-state index contributed by atoms with van der Waals surface area (Å²) < 4.78 is 59.0. The Hall–Kier alpha value is -1.09. The summed E-state index contributed by atoms with van der Waals surface area (Å²) in [6, 6.07) is 2.75. The summed E-state index contributed by atoms with van der Waals surface area (Å²) in [7, 11) is -3.45. The molecule has 2 atom stereocenters. The number of hydrogen-bond donors (Lipinski definition) is 1. The van der Waals surface area contributed by atoms with Crippen molar-refractivity contribution in [2.24, 2.45) is 0 Å². The first kappa shape index (κ1) is 19.7. The van der Waals surface area contributed by atoms with Gasteiger partial charge in [0.15, 0.2) is 0 Å². The number of hydrogen-bond acceptors (Lipinski definition) is 4. The molecule has 0 aromatic heterocycles. The third-order valence-corrected chi connectivity index (χ3v) is 7.25. The molecule has 0 unspecified atom stereocenters. The number of benzene rings is 1. The van der Waals surface area contributed by atoms with E-state index in [1.165, 1.54) is 16.4 Å². The van der Waals surface area contributed by atoms with Gasteiger partial charge in [-0.1, -0.05) is 6.07 Å². The average Bonchev–Trinajstić information content (AvgIpc) is 2.85. The van der Waals surface area contributed by atoms with Gasteiger partial charge < -0.3 is 9.84 Å². The molecule has 1 aromatic carbocycles. The van der Waals surface area contributed by atoms with Crippen LogP contribution in [0.5, 0.6) is 0 Å². The van der Waals surface area contributed by atoms with E-state index in [9.17, 15) is 22.3 Å². The van der Waals surface area contributed by atoms with Crippen molar-refractivity contribution in [2.45, 2.75) is 56.7 Å². The fourth-order valence-electron chi connectivity index (χ4n) is 4.31. The van der Waals surface area contributed by atoms with Crippen LogP contribution >= 0.6 is 0 Å². The molecule has 2 saturated heterocycles. The number of ether oxygens (including phenoxy) is 1. The minimum absolute atomic E-state index is 0.0545. The van der Waals surface area contributed by atoms with Gasteiger partial charge in [-0.05, 0) is 44.2 Å². The van der Waals surface area contributed by atoms with Crippen LogP contribution in [0.15, 0.2) is 18.2 Å². The molecule has 0 aliphatic carbocycles. The number of aliphatic hydroxyl groups is 1. The largest absolute Gasteiger partial charge is 0.389 e. The maximum atomic E-state index is 14.0. The summed E-state index contributed by atoms with van der Waals surface area (Å²) in [4.78, 5) is 0. The van der Waals surface area contributed by atoms with Crippen LogP contribution in [0.3, 0.4) is 0 Å². The molecule has 8 heteroatoms. The maximum Gasteiger partial charge on any atom is 0.216 e. The zero-order valence-electron chi connectivity index (χ0n) is 14.8. The fraction of sp³-hybridized carbons (Fsp3) is 0.667. The second-order valence-corrected chi connectivity index (χ2v) is 9.27. The van der Waals surface area contributed by atoms with Crippen molar-refractivity contribution in [3.05, 3.63) is 35.4 Å². The van der Waals surface area contributed by atoms with Gasteiger partial charge in [-0.15, -0.1) is 0 Å². The van der Waals surface area contributed by atoms with Crippen LogP contribution in [-0.4, -0.2) is 54.5 Å². The monoisotopic (exact) mass is 389 g/mol. The van der Waals surface area contributed by atoms with Gasteiger partial charge in [0.05, 0.1) is 18.0 Å². The number of nitrogens with zero attached hydrogens (tertiary/aromatic N) is 1. The van der Waals surface area contributed by atoms with E-state index < -0.39 is 27.3 Å². The Kier molecular flexibility index (Phi) is 5.67. The first-order valence-electron chi connectivity index (χ1n) is 8.99. The molecular weight excluding hydrogens is 364 g/mol. The molecular formula is C18H25F2NO4S. The molecule has 2 aliphatic rings. The lowest BCUT2D eigenvalue weighted by atomic mass is 9.82. The third kappa shape index (κ3) is 4.08. The minimum Gasteiger partial charge on any atom is -0.389 e. The summed E-state index contributed by atoms with van der Waals surface area (Å²) in [5, 5.41) is 11.0. The normalized spacial score (nSPS) is 29.2. The first-order valence-corrected chi connectivity index (χ1v) is 10.6. The quantitative estimate of drug-likeness (QED) is 0.727. The minimum atomic E-state index is -3.45. The molecule has 0 spiro atoms. The molecule has 5 nitrogen and oxygen atoms in total. The van der Waals surface area contributed by atoms with Gasteiger partial charge in [0.25, 0.3) is 0 Å². The van der Waals surface area contributed by atoms with Crippen LogP contribution in [0, 0.1) is 11.6 Å². The molecule has 0 radical (unpaired) electrons. The van der Waals surface area contributed by atoms with E-state index in [0.29, 0.717) is 19.4 Å². The maximum absolute atomic E-state index is 14.0. The molecule has 3 rings (SSSR count). The molecule has 0 saturated carbocycles. The smallest absolute Gasteiger partial charge is 0.216 e. The van der Waals surface area contributed by atoms with E-state index in [1.54, 1.807) is 0 Å². The predicted octanol–water partition coefficient (Wildman–Crippen LogP) is 2.23. The van der Waals surface area contributed by atoms with Gasteiger partial charge in [0, 0.05) is 31.2 Å². The lowest BCUT2D eigenvalue weighted by Crippen LogP contribution is -2.54. The number of rotatable bonds is 7. The Morgan fingerprint density at radius 2 is 1.92 bits per heavy atom. The van der Waals surface area contributed by atoms with Crippen LogP contribution in [-0.2, 0) is 21.2 Å². The summed E-state index contributed by atoms with van der Waals surface area (Å²) in [5.41, 5.74) is -0.933. The number of fused-ring (bicyclic) bond motifs is 2. The van der Waals surface area contributed by atoms with E-state index in [4.69, 9.17) is 4.74 Å². The summed E-state index contributed by atoms with van der Waals surface area (Å²) in [6.45, 7) is 2.43. The molecule has 1 aromatic rings. The topological polar surface area (TPSA) is 66.8 Å². The zero-order valence-corrected chi connectivity index (χ0v) is 15.6. The van der Waals surface area contributed by atoms with Crippen molar-refractivity contribution >= 4 is 10.0 Å². The van der Waals surface area contributed by atoms with Crippen LogP contribution in [0.4, 0.5) is 8.78 Å². The van der Waals surface area contributed by atoms with Gasteiger partial charge in [-0.2, -0.15) is 4.31 Å². The van der Waals surface area contributed by atoms with Crippen molar-refractivity contribution in [3.8, 4) is 0 Å². The van der Waals surface area contributed by atoms with Crippen molar-refractivity contribution in [2.75, 3.05) is 19.0 Å². The van der Waals surface area contributed by atoms with Crippen molar-refractivity contribution in [1.82, 2.24) is 4.31 Å². The van der Waals surface area contributed by atoms with E-state index >= 15 is 0 Å². The van der Waals surface area contributed by atoms with E-state index in [2.05, 4.69) is 0 Å². The molecule has 2 bridgehead atoms. The van der Waals surface area contributed by atoms with E-state index in [0.717, 1.165) is 6.07 Å². The van der Waals surface area contributed by atoms with E-state index in [1.807, 2.05) is 6.92 Å². The highest BCUT2D eigenvalue weighted by molar-refractivity contribution is 7.89. The Morgan fingerprint density at radius 3 is 2.50 bits per heavy atom. The highest BCUT2D eigenvalue weighted by atomic mass is 32.2. The SMILES string of the molecule is CCOCCS(=O)(=O)N1[C@H]2CC[C@H]1CC(O)(Cc1ccc(F)cc1F)C2. The van der Waals surface area contributed by atoms with Gasteiger partial charge in [0.1, 0.15) is 11.6 Å². The zero-order chi connectivity index (χ0) is 18.9. The van der Waals surface area contributed by atoms with Crippen LogP contribution in [0.2, 0.25) is 0 Å². The fourth-order valence-corrected chi connectivity index (χ4v) is 6.12. The van der Waals surface area contributed by atoms with Crippen molar-refractivity contribution in [1.29, 1.82) is 0 Å². The van der Waals surface area contributed by atoms with Crippen LogP contribution < -0.4 is 0 Å². The first-order chi connectivity index (χ1) is 12.2. The number of sulfonamides is 1. The van der Waals surface area contributed by atoms with Gasteiger partial charge in [0.2, 0.25) is 10.0 Å². The molecule has 1 N–H and O–H groups in total. The summed E-state index contributed by atoms with van der Waals surface area (Å²) in [6.07, 6.45) is 1.95. The summed E-state index contributed by atoms with van der Waals surface area (Å²) >= 11 is 0. The van der Waals surface area contributed by atoms with Gasteiger partial charge in [-0.3, -0.25) is 0 Å². The second-order valence-electron chi connectivity index (χ2n) is 7.27. The lowest BCUT2D eigenvalue weighted by Gasteiger charge is -2.43. The molecule has 26 heavy (non-hydrogen) atoms. The molecule has 0 amide bonds. The molecule has 2 fully saturated rings. The Labute approximate surface area is 153 Å². The number of piperidine rings is 1. The van der Waals surface area contributed by atoms with Crippen molar-refractivity contribution in [3.63, 3.8) is 0 Å².